The lowest BCUT2D eigenvalue weighted by Crippen LogP contribution is -2.31. The van der Waals surface area contributed by atoms with Crippen LogP contribution in [0.5, 0.6) is 0 Å². The van der Waals surface area contributed by atoms with E-state index in [-0.39, 0.29) is 6.42 Å². The summed E-state index contributed by atoms with van der Waals surface area (Å²) in [4.78, 5) is 0. The van der Waals surface area contributed by atoms with E-state index in [0.717, 1.165) is 13.8 Å². The molecule has 0 aromatic rings. The van der Waals surface area contributed by atoms with Gasteiger partial charge in [-0.3, -0.25) is 0 Å². The number of alkyl halides is 3. The highest BCUT2D eigenvalue weighted by atomic mass is 32.2. The minimum atomic E-state index is -4.23. The van der Waals surface area contributed by atoms with Crippen LogP contribution < -0.4 is 5.14 Å². The molecule has 0 bridgehead atoms. The minimum Gasteiger partial charge on any atom is -0.598 e. The number of nitrogens with two attached hydrogens (primary N) is 1. The molecule has 0 saturated heterocycles. The van der Waals surface area contributed by atoms with Gasteiger partial charge in [-0.1, -0.05) is 19.9 Å². The van der Waals surface area contributed by atoms with Crippen molar-refractivity contribution >= 4 is 11.4 Å². The molecule has 0 aromatic heterocycles. The van der Waals surface area contributed by atoms with Gasteiger partial charge in [-0.05, 0) is 19.4 Å². The van der Waals surface area contributed by atoms with Gasteiger partial charge in [-0.15, -0.1) is 0 Å². The average molecular weight is 243 g/mol. The first kappa shape index (κ1) is 14.8. The Balaban J connectivity index is 4.27. The van der Waals surface area contributed by atoms with Gasteiger partial charge in [-0.2, -0.15) is 18.3 Å². The van der Waals surface area contributed by atoms with Gasteiger partial charge in [0.05, 0.1) is 5.41 Å². The largest absolute Gasteiger partial charge is 0.598 e. The first-order chi connectivity index (χ1) is 6.58. The van der Waals surface area contributed by atoms with Crippen LogP contribution in [0.4, 0.5) is 13.2 Å². The lowest BCUT2D eigenvalue weighted by molar-refractivity contribution is -0.210. The molecule has 0 aliphatic rings. The molecule has 2 atom stereocenters. The molecule has 2 N–H and O–H groups in total. The van der Waals surface area contributed by atoms with Gasteiger partial charge in [0, 0.05) is 11.4 Å². The Kier molecular flexibility index (Phi) is 5.16. The molecule has 6 heteroatoms. The summed E-state index contributed by atoms with van der Waals surface area (Å²) < 4.78 is 47.9. The van der Waals surface area contributed by atoms with E-state index in [1.807, 2.05) is 0 Å². The summed E-state index contributed by atoms with van der Waals surface area (Å²) in [6, 6.07) is 0. The predicted molar refractivity (Wildman–Crippen MR) is 55.4 cm³/mol. The molecule has 0 aliphatic heterocycles. The topological polar surface area (TPSA) is 49.1 Å². The minimum absolute atomic E-state index is 0.141. The lowest BCUT2D eigenvalue weighted by atomic mass is 9.88. The third-order valence-corrected chi connectivity index (χ3v) is 3.06. The van der Waals surface area contributed by atoms with Gasteiger partial charge in [0.1, 0.15) is 5.25 Å². The zero-order chi connectivity index (χ0) is 12.3. The third-order valence-electron chi connectivity index (χ3n) is 2.17. The summed E-state index contributed by atoms with van der Waals surface area (Å²) in [6.07, 6.45) is -1.55. The van der Waals surface area contributed by atoms with E-state index in [1.165, 1.54) is 12.2 Å². The number of allylic oxidation sites excluding steroid dienone is 1. The highest BCUT2D eigenvalue weighted by Crippen LogP contribution is 2.40. The molecule has 0 aliphatic carbocycles. The highest BCUT2D eigenvalue weighted by Gasteiger charge is 2.46. The molecule has 0 radical (unpaired) electrons. The number of rotatable bonds is 4. The Labute approximate surface area is 91.0 Å². The molecule has 0 saturated carbocycles. The van der Waals surface area contributed by atoms with E-state index in [2.05, 4.69) is 0 Å². The fourth-order valence-corrected chi connectivity index (χ4v) is 1.01. The van der Waals surface area contributed by atoms with Crippen LogP contribution in [0.1, 0.15) is 27.2 Å². The maximum absolute atomic E-state index is 12.4. The molecular formula is C9H16F3NOS. The molecule has 2 nitrogen and oxygen atoms in total. The lowest BCUT2D eigenvalue weighted by Gasteiger charge is -2.26. The SMILES string of the molecule is CC(C=CCC(C)(C)C(F)(F)F)[S+](N)[O-]. The van der Waals surface area contributed by atoms with Gasteiger partial charge in [0.2, 0.25) is 0 Å². The van der Waals surface area contributed by atoms with Gasteiger partial charge < -0.3 is 4.55 Å². The van der Waals surface area contributed by atoms with E-state index in [4.69, 9.17) is 5.14 Å². The second kappa shape index (κ2) is 5.23. The van der Waals surface area contributed by atoms with E-state index < -0.39 is 28.2 Å². The van der Waals surface area contributed by atoms with Gasteiger partial charge in [0.15, 0.2) is 0 Å². The zero-order valence-corrected chi connectivity index (χ0v) is 9.78. The molecule has 90 valence electrons. The second-order valence-corrected chi connectivity index (χ2v) is 5.45. The first-order valence-electron chi connectivity index (χ1n) is 4.46. The van der Waals surface area contributed by atoms with Crippen molar-refractivity contribution in [3.05, 3.63) is 12.2 Å². The van der Waals surface area contributed by atoms with Crippen LogP contribution in [-0.2, 0) is 11.4 Å². The Morgan fingerprint density at radius 2 is 1.87 bits per heavy atom. The van der Waals surface area contributed by atoms with Crippen molar-refractivity contribution in [2.24, 2.45) is 10.6 Å². The predicted octanol–water partition coefficient (Wildman–Crippen LogP) is 2.53. The maximum Gasteiger partial charge on any atom is 0.394 e. The fourth-order valence-electron chi connectivity index (χ4n) is 0.747. The van der Waals surface area contributed by atoms with Gasteiger partial charge in [-0.25, -0.2) is 0 Å². The van der Waals surface area contributed by atoms with Gasteiger partial charge >= 0.3 is 6.18 Å². The van der Waals surface area contributed by atoms with Crippen LogP contribution in [0, 0.1) is 5.41 Å². The quantitative estimate of drug-likeness (QED) is 0.609. The van der Waals surface area contributed by atoms with E-state index in [9.17, 15) is 17.7 Å². The number of hydrogen-bond donors (Lipinski definition) is 1. The summed E-state index contributed by atoms with van der Waals surface area (Å²) in [5.74, 6) is 0. The van der Waals surface area contributed by atoms with Crippen molar-refractivity contribution in [2.45, 2.75) is 38.6 Å². The van der Waals surface area contributed by atoms with E-state index >= 15 is 0 Å². The zero-order valence-electron chi connectivity index (χ0n) is 8.97. The summed E-state index contributed by atoms with van der Waals surface area (Å²) in [7, 11) is 0. The standard InChI is InChI=1S/C9H16F3NOS/c1-7(15(13)14)5-4-6-8(2,3)9(10,11)12/h4-5,7H,6,13H2,1-3H3. The van der Waals surface area contributed by atoms with Crippen LogP contribution in [0.25, 0.3) is 0 Å². The molecular weight excluding hydrogens is 227 g/mol. The van der Waals surface area contributed by atoms with Gasteiger partial charge in [0.25, 0.3) is 0 Å². The van der Waals surface area contributed by atoms with Crippen molar-refractivity contribution < 1.29 is 17.7 Å². The first-order valence-corrected chi connectivity index (χ1v) is 5.74. The molecule has 0 aromatic carbocycles. The molecule has 0 amide bonds. The molecule has 0 spiro atoms. The van der Waals surface area contributed by atoms with Crippen LogP contribution in [-0.4, -0.2) is 16.0 Å². The van der Waals surface area contributed by atoms with Crippen molar-refractivity contribution in [1.29, 1.82) is 0 Å². The summed E-state index contributed by atoms with van der Waals surface area (Å²) >= 11 is -1.53. The number of halogens is 3. The monoisotopic (exact) mass is 243 g/mol. The molecule has 0 rings (SSSR count). The molecule has 2 unspecified atom stereocenters. The summed E-state index contributed by atoms with van der Waals surface area (Å²) in [5, 5.41) is 4.65. The van der Waals surface area contributed by atoms with Crippen molar-refractivity contribution in [3.8, 4) is 0 Å². The Bertz CT molecular complexity index is 226. The summed E-state index contributed by atoms with van der Waals surface area (Å²) in [6.45, 7) is 3.84. The van der Waals surface area contributed by atoms with Crippen LogP contribution in [0.15, 0.2) is 12.2 Å². The van der Waals surface area contributed by atoms with Crippen LogP contribution >= 0.6 is 0 Å². The van der Waals surface area contributed by atoms with Crippen molar-refractivity contribution in [1.82, 2.24) is 0 Å². The van der Waals surface area contributed by atoms with Crippen molar-refractivity contribution in [2.75, 3.05) is 0 Å². The maximum atomic E-state index is 12.4. The van der Waals surface area contributed by atoms with E-state index in [0.29, 0.717) is 0 Å². The third kappa shape index (κ3) is 4.90. The van der Waals surface area contributed by atoms with Crippen LogP contribution in [0.2, 0.25) is 0 Å². The molecule has 0 heterocycles. The van der Waals surface area contributed by atoms with Crippen molar-refractivity contribution in [3.63, 3.8) is 0 Å². The molecule has 0 fully saturated rings. The smallest absolute Gasteiger partial charge is 0.394 e. The number of hydrogen-bond acceptors (Lipinski definition) is 2. The van der Waals surface area contributed by atoms with Crippen LogP contribution in [0.3, 0.4) is 0 Å². The average Bonchev–Trinajstić information content (AvgIpc) is 2.01. The normalized spacial score (nSPS) is 18.1. The Morgan fingerprint density at radius 3 is 2.20 bits per heavy atom. The summed E-state index contributed by atoms with van der Waals surface area (Å²) in [5.41, 5.74) is -1.76. The van der Waals surface area contributed by atoms with E-state index in [1.54, 1.807) is 6.92 Å². The second-order valence-electron chi connectivity index (χ2n) is 4.05. The Hall–Kier alpha value is -0.200. The fraction of sp³-hybridized carbons (Fsp3) is 0.778. The highest BCUT2D eigenvalue weighted by molar-refractivity contribution is 7.89. The Morgan fingerprint density at radius 1 is 1.40 bits per heavy atom. The molecule has 15 heavy (non-hydrogen) atoms.